The van der Waals surface area contributed by atoms with Gasteiger partial charge >= 0.3 is 0 Å². The summed E-state index contributed by atoms with van der Waals surface area (Å²) < 4.78 is 2.34. The summed E-state index contributed by atoms with van der Waals surface area (Å²) in [6.45, 7) is 0. The third-order valence-electron chi connectivity index (χ3n) is 10.3. The van der Waals surface area contributed by atoms with Crippen molar-refractivity contribution in [2.24, 2.45) is 0 Å². The van der Waals surface area contributed by atoms with Gasteiger partial charge in [0.2, 0.25) is 0 Å². The van der Waals surface area contributed by atoms with E-state index >= 15 is 0 Å². The van der Waals surface area contributed by atoms with Gasteiger partial charge in [0.15, 0.2) is 17.5 Å². The van der Waals surface area contributed by atoms with Crippen molar-refractivity contribution >= 4 is 21.8 Å². The lowest BCUT2D eigenvalue weighted by molar-refractivity contribution is 1.07. The number of rotatable bonds is 7. The van der Waals surface area contributed by atoms with Crippen LogP contribution in [-0.2, 0) is 0 Å². The molecule has 0 amide bonds. The van der Waals surface area contributed by atoms with Gasteiger partial charge in [-0.2, -0.15) is 0 Å². The van der Waals surface area contributed by atoms with E-state index in [1.54, 1.807) is 0 Å². The maximum absolute atomic E-state index is 5.06. The van der Waals surface area contributed by atoms with E-state index < -0.39 is 0 Å². The van der Waals surface area contributed by atoms with Crippen molar-refractivity contribution < 1.29 is 0 Å². The summed E-state index contributed by atoms with van der Waals surface area (Å²) in [5.74, 6) is 1.90. The number of aromatic nitrogens is 4. The molecule has 0 aliphatic rings. The Kier molecular flexibility index (Phi) is 8.12. The third-order valence-corrected chi connectivity index (χ3v) is 10.3. The summed E-state index contributed by atoms with van der Waals surface area (Å²) in [5, 5.41) is 2.45. The number of para-hydroxylation sites is 1. The minimum atomic E-state index is 0.629. The number of hydrogen-bond donors (Lipinski definition) is 0. The quantitative estimate of drug-likeness (QED) is 0.166. The zero-order valence-corrected chi connectivity index (χ0v) is 29.9. The van der Waals surface area contributed by atoms with Crippen molar-refractivity contribution in [3.8, 4) is 73.2 Å². The Morgan fingerprint density at radius 3 is 1.22 bits per heavy atom. The van der Waals surface area contributed by atoms with Gasteiger partial charge in [0.05, 0.1) is 11.0 Å². The Balaban J connectivity index is 1.02. The lowest BCUT2D eigenvalue weighted by Crippen LogP contribution is -2.00. The molecule has 4 nitrogen and oxygen atoms in total. The molecule has 258 valence electrons. The van der Waals surface area contributed by atoms with Crippen molar-refractivity contribution in [3.05, 3.63) is 206 Å². The van der Waals surface area contributed by atoms with Crippen LogP contribution >= 0.6 is 0 Å². The Labute approximate surface area is 319 Å². The molecule has 0 fully saturated rings. The van der Waals surface area contributed by atoms with Gasteiger partial charge in [0.25, 0.3) is 0 Å². The molecule has 0 N–H and O–H groups in total. The van der Waals surface area contributed by atoms with Crippen LogP contribution < -0.4 is 0 Å². The molecule has 0 aliphatic carbocycles. The largest absolute Gasteiger partial charge is 0.309 e. The highest BCUT2D eigenvalue weighted by Gasteiger charge is 2.16. The number of nitrogens with zero attached hydrogens (tertiary/aromatic N) is 4. The maximum atomic E-state index is 5.06. The summed E-state index contributed by atoms with van der Waals surface area (Å²) >= 11 is 0. The van der Waals surface area contributed by atoms with Crippen LogP contribution in [-0.4, -0.2) is 19.5 Å². The first kappa shape index (κ1) is 32.2. The van der Waals surface area contributed by atoms with Crippen LogP contribution in [0.15, 0.2) is 206 Å². The Morgan fingerprint density at radius 1 is 0.255 bits per heavy atom. The fourth-order valence-corrected chi connectivity index (χ4v) is 7.49. The zero-order valence-electron chi connectivity index (χ0n) is 29.9. The molecular weight excluding hydrogens is 669 g/mol. The van der Waals surface area contributed by atoms with Gasteiger partial charge in [0.1, 0.15) is 0 Å². The van der Waals surface area contributed by atoms with E-state index in [2.05, 4.69) is 174 Å². The molecule has 0 unspecified atom stereocenters. The van der Waals surface area contributed by atoms with Crippen LogP contribution in [0.5, 0.6) is 0 Å². The molecule has 0 saturated heterocycles. The van der Waals surface area contributed by atoms with Gasteiger partial charge < -0.3 is 4.57 Å². The minimum Gasteiger partial charge on any atom is -0.309 e. The van der Waals surface area contributed by atoms with E-state index in [0.717, 1.165) is 39.0 Å². The molecule has 0 spiro atoms. The standard InChI is InChI=1S/C51H34N4/c1-4-13-35(14-5-1)41-19-12-20-42(33-41)37-23-25-39(26-24-37)50-52-49(38-17-8-3-9-18-38)53-51(54-50)40-27-30-44(31-28-40)55-47-22-11-10-21-45(47)46-34-43(29-32-48(46)55)36-15-6-2-7-16-36/h1-34H. The van der Waals surface area contributed by atoms with Gasteiger partial charge in [-0.25, -0.2) is 15.0 Å². The van der Waals surface area contributed by atoms with Crippen LogP contribution in [0.4, 0.5) is 0 Å². The van der Waals surface area contributed by atoms with Gasteiger partial charge in [-0.1, -0.05) is 158 Å². The van der Waals surface area contributed by atoms with Crippen molar-refractivity contribution in [1.82, 2.24) is 19.5 Å². The average molecular weight is 703 g/mol. The topological polar surface area (TPSA) is 43.6 Å². The highest BCUT2D eigenvalue weighted by molar-refractivity contribution is 6.10. The summed E-state index contributed by atoms with van der Waals surface area (Å²) in [5.41, 5.74) is 13.3. The molecule has 0 bridgehead atoms. The second-order valence-corrected chi connectivity index (χ2v) is 13.7. The molecule has 2 heterocycles. The molecule has 0 radical (unpaired) electrons. The molecule has 0 atom stereocenters. The smallest absolute Gasteiger partial charge is 0.164 e. The average Bonchev–Trinajstić information content (AvgIpc) is 3.61. The molecule has 4 heteroatoms. The summed E-state index contributed by atoms with van der Waals surface area (Å²) in [4.78, 5) is 15.0. The number of benzene rings is 8. The summed E-state index contributed by atoms with van der Waals surface area (Å²) in [6.07, 6.45) is 0. The SMILES string of the molecule is c1ccc(-c2cccc(-c3ccc(-c4nc(-c5ccccc5)nc(-c5ccc(-n6c7ccccc7c7cc(-c8ccccc8)ccc76)cc5)n4)cc3)c2)cc1. The Hall–Kier alpha value is -7.43. The first-order valence-electron chi connectivity index (χ1n) is 18.5. The molecule has 10 aromatic rings. The van der Waals surface area contributed by atoms with Crippen molar-refractivity contribution in [2.75, 3.05) is 0 Å². The van der Waals surface area contributed by atoms with Crippen LogP contribution in [0, 0.1) is 0 Å². The predicted molar refractivity (Wildman–Crippen MR) is 227 cm³/mol. The lowest BCUT2D eigenvalue weighted by atomic mass is 9.98. The highest BCUT2D eigenvalue weighted by Crippen LogP contribution is 2.36. The van der Waals surface area contributed by atoms with Gasteiger partial charge in [0, 0.05) is 33.2 Å². The lowest BCUT2D eigenvalue weighted by Gasteiger charge is -2.11. The normalized spacial score (nSPS) is 11.3. The van der Waals surface area contributed by atoms with Crippen molar-refractivity contribution in [1.29, 1.82) is 0 Å². The molecular formula is C51H34N4. The number of hydrogen-bond acceptors (Lipinski definition) is 3. The zero-order chi connectivity index (χ0) is 36.6. The van der Waals surface area contributed by atoms with E-state index in [1.807, 2.05) is 36.4 Å². The molecule has 0 aliphatic heterocycles. The summed E-state index contributed by atoms with van der Waals surface area (Å²) in [7, 11) is 0. The first-order valence-corrected chi connectivity index (χ1v) is 18.5. The molecule has 10 rings (SSSR count). The van der Waals surface area contributed by atoms with E-state index in [0.29, 0.717) is 17.5 Å². The van der Waals surface area contributed by atoms with Crippen LogP contribution in [0.1, 0.15) is 0 Å². The number of fused-ring (bicyclic) bond motifs is 3. The van der Waals surface area contributed by atoms with Gasteiger partial charge in [-0.15, -0.1) is 0 Å². The Bertz CT molecular complexity index is 2930. The van der Waals surface area contributed by atoms with Crippen molar-refractivity contribution in [2.45, 2.75) is 0 Å². The molecule has 55 heavy (non-hydrogen) atoms. The minimum absolute atomic E-state index is 0.629. The third kappa shape index (κ3) is 6.16. The monoisotopic (exact) mass is 702 g/mol. The maximum Gasteiger partial charge on any atom is 0.164 e. The van der Waals surface area contributed by atoms with E-state index in [-0.39, 0.29) is 0 Å². The second kappa shape index (κ2) is 13.8. The second-order valence-electron chi connectivity index (χ2n) is 13.7. The van der Waals surface area contributed by atoms with Gasteiger partial charge in [-0.05, 0) is 81.9 Å². The van der Waals surface area contributed by atoms with E-state index in [1.165, 1.54) is 38.5 Å². The predicted octanol–water partition coefficient (Wildman–Crippen LogP) is 13.0. The van der Waals surface area contributed by atoms with Gasteiger partial charge in [-0.3, -0.25) is 0 Å². The Morgan fingerprint density at radius 2 is 0.636 bits per heavy atom. The van der Waals surface area contributed by atoms with Crippen LogP contribution in [0.3, 0.4) is 0 Å². The van der Waals surface area contributed by atoms with E-state index in [9.17, 15) is 0 Å². The fraction of sp³-hybridized carbons (Fsp3) is 0. The highest BCUT2D eigenvalue weighted by atomic mass is 15.0. The molecule has 8 aromatic carbocycles. The van der Waals surface area contributed by atoms with Crippen LogP contribution in [0.25, 0.3) is 95.0 Å². The molecule has 2 aromatic heterocycles. The van der Waals surface area contributed by atoms with E-state index in [4.69, 9.17) is 15.0 Å². The van der Waals surface area contributed by atoms with Crippen LogP contribution in [0.2, 0.25) is 0 Å². The summed E-state index contributed by atoms with van der Waals surface area (Å²) in [6, 6.07) is 72.3. The first-order chi connectivity index (χ1) is 27.2. The fourth-order valence-electron chi connectivity index (χ4n) is 7.49. The van der Waals surface area contributed by atoms with Crippen molar-refractivity contribution in [3.63, 3.8) is 0 Å². The molecule has 0 saturated carbocycles.